The molecule has 0 aliphatic heterocycles. The molecule has 0 aromatic carbocycles. The van der Waals surface area contributed by atoms with Crippen molar-refractivity contribution in [2.75, 3.05) is 6.61 Å². The molecule has 1 aliphatic carbocycles. The second-order valence-corrected chi connectivity index (χ2v) is 3.73. The Morgan fingerprint density at radius 3 is 2.71 bits per heavy atom. The zero-order valence-electron chi connectivity index (χ0n) is 8.84. The van der Waals surface area contributed by atoms with Crippen LogP contribution in [0.2, 0.25) is 0 Å². The Hall–Kier alpha value is -0.970. The molecule has 1 saturated carbocycles. The average Bonchev–Trinajstić information content (AvgIpc) is 2.20. The van der Waals surface area contributed by atoms with Crippen LogP contribution in [0, 0.1) is 17.8 Å². The predicted octanol–water partition coefficient (Wildman–Crippen LogP) is 2.52. The van der Waals surface area contributed by atoms with Gasteiger partial charge in [-0.2, -0.15) is 0 Å². The third kappa shape index (κ3) is 4.32. The molecular formula is C12H18O2. The van der Waals surface area contributed by atoms with Crippen LogP contribution in [0.5, 0.6) is 0 Å². The Balaban J connectivity index is 2.20. The molecular weight excluding hydrogens is 176 g/mol. The van der Waals surface area contributed by atoms with E-state index in [9.17, 15) is 4.79 Å². The number of carbonyl (C=O) groups is 1. The van der Waals surface area contributed by atoms with Gasteiger partial charge in [0.05, 0.1) is 6.61 Å². The summed E-state index contributed by atoms with van der Waals surface area (Å²) in [5.41, 5.74) is 0. The molecule has 0 unspecified atom stereocenters. The first kappa shape index (κ1) is 11.1. The first-order chi connectivity index (χ1) is 6.83. The van der Waals surface area contributed by atoms with E-state index in [1.807, 2.05) is 0 Å². The van der Waals surface area contributed by atoms with Gasteiger partial charge in [0.25, 0.3) is 0 Å². The molecule has 2 heteroatoms. The molecule has 0 spiro atoms. The van der Waals surface area contributed by atoms with Gasteiger partial charge in [-0.1, -0.05) is 25.2 Å². The minimum Gasteiger partial charge on any atom is -0.456 e. The second-order valence-electron chi connectivity index (χ2n) is 3.73. The van der Waals surface area contributed by atoms with Crippen LogP contribution in [0.15, 0.2) is 0 Å². The number of ether oxygens (including phenoxy) is 1. The summed E-state index contributed by atoms with van der Waals surface area (Å²) in [7, 11) is 0. The van der Waals surface area contributed by atoms with Crippen LogP contribution in [-0.4, -0.2) is 12.6 Å². The Labute approximate surface area is 86.0 Å². The van der Waals surface area contributed by atoms with Crippen molar-refractivity contribution in [3.8, 4) is 11.8 Å². The van der Waals surface area contributed by atoms with Crippen molar-refractivity contribution in [2.45, 2.75) is 45.4 Å². The molecule has 0 aromatic heterocycles. The zero-order valence-corrected chi connectivity index (χ0v) is 8.84. The monoisotopic (exact) mass is 194 g/mol. The normalized spacial score (nSPS) is 16.9. The van der Waals surface area contributed by atoms with Crippen molar-refractivity contribution in [1.29, 1.82) is 0 Å². The third-order valence-corrected chi connectivity index (χ3v) is 2.58. The lowest BCUT2D eigenvalue weighted by Crippen LogP contribution is -2.05. The van der Waals surface area contributed by atoms with Crippen LogP contribution in [-0.2, 0) is 9.53 Å². The summed E-state index contributed by atoms with van der Waals surface area (Å²) in [4.78, 5) is 10.9. The Morgan fingerprint density at radius 2 is 2.07 bits per heavy atom. The van der Waals surface area contributed by atoms with Crippen LogP contribution in [0.4, 0.5) is 0 Å². The Morgan fingerprint density at radius 1 is 1.36 bits per heavy atom. The number of rotatable bonds is 2. The topological polar surface area (TPSA) is 26.3 Å². The maximum atomic E-state index is 10.9. The van der Waals surface area contributed by atoms with E-state index in [2.05, 4.69) is 11.8 Å². The molecule has 14 heavy (non-hydrogen) atoms. The molecule has 0 saturated heterocycles. The fourth-order valence-electron chi connectivity index (χ4n) is 1.83. The molecule has 0 atom stereocenters. The van der Waals surface area contributed by atoms with Gasteiger partial charge in [-0.25, -0.2) is 4.79 Å². The summed E-state index contributed by atoms with van der Waals surface area (Å²) < 4.78 is 4.72. The minimum absolute atomic E-state index is 0.386. The molecule has 1 fully saturated rings. The van der Waals surface area contributed by atoms with E-state index >= 15 is 0 Å². The van der Waals surface area contributed by atoms with Crippen LogP contribution in [0.3, 0.4) is 0 Å². The summed E-state index contributed by atoms with van der Waals surface area (Å²) in [6.07, 6.45) is 7.42. The number of hydrogen-bond acceptors (Lipinski definition) is 2. The molecule has 2 nitrogen and oxygen atoms in total. The van der Waals surface area contributed by atoms with Crippen molar-refractivity contribution in [1.82, 2.24) is 0 Å². The lowest BCUT2D eigenvalue weighted by Gasteiger charge is -2.18. The van der Waals surface area contributed by atoms with Crippen LogP contribution >= 0.6 is 0 Å². The van der Waals surface area contributed by atoms with Crippen molar-refractivity contribution in [3.05, 3.63) is 0 Å². The molecule has 78 valence electrons. The maximum absolute atomic E-state index is 10.9. The summed E-state index contributed by atoms with van der Waals surface area (Å²) in [6, 6.07) is 0. The fourth-order valence-corrected chi connectivity index (χ4v) is 1.83. The van der Waals surface area contributed by atoms with Gasteiger partial charge in [0, 0.05) is 12.3 Å². The third-order valence-electron chi connectivity index (χ3n) is 2.58. The minimum atomic E-state index is -0.386. The molecule has 1 rings (SSSR count). The molecule has 0 radical (unpaired) electrons. The lowest BCUT2D eigenvalue weighted by atomic mass is 9.87. The van der Waals surface area contributed by atoms with E-state index in [-0.39, 0.29) is 5.97 Å². The average molecular weight is 194 g/mol. The van der Waals surface area contributed by atoms with Gasteiger partial charge in [0.15, 0.2) is 0 Å². The number of esters is 1. The van der Waals surface area contributed by atoms with Gasteiger partial charge in [-0.3, -0.25) is 0 Å². The van der Waals surface area contributed by atoms with Crippen LogP contribution in [0.25, 0.3) is 0 Å². The smallest absolute Gasteiger partial charge is 0.384 e. The zero-order chi connectivity index (χ0) is 10.2. The van der Waals surface area contributed by atoms with E-state index in [4.69, 9.17) is 4.74 Å². The predicted molar refractivity (Wildman–Crippen MR) is 55.6 cm³/mol. The first-order valence-electron chi connectivity index (χ1n) is 5.48. The highest BCUT2D eigenvalue weighted by atomic mass is 16.5. The molecule has 0 bridgehead atoms. The van der Waals surface area contributed by atoms with Crippen molar-refractivity contribution >= 4 is 5.97 Å². The van der Waals surface area contributed by atoms with Gasteiger partial charge >= 0.3 is 5.97 Å². The van der Waals surface area contributed by atoms with Crippen molar-refractivity contribution < 1.29 is 9.53 Å². The Bertz CT molecular complexity index is 228. The second kappa shape index (κ2) is 6.48. The van der Waals surface area contributed by atoms with E-state index in [1.54, 1.807) is 6.92 Å². The van der Waals surface area contributed by atoms with E-state index in [1.165, 1.54) is 32.1 Å². The SMILES string of the molecule is CCOC(=O)C#CCC1CCCCC1. The molecule has 0 heterocycles. The standard InChI is InChI=1S/C12H18O2/c1-2-14-12(13)10-6-9-11-7-4-3-5-8-11/h11H,2-5,7-9H2,1H3. The summed E-state index contributed by atoms with van der Waals surface area (Å²) in [6.45, 7) is 2.21. The highest BCUT2D eigenvalue weighted by Crippen LogP contribution is 2.25. The largest absolute Gasteiger partial charge is 0.456 e. The first-order valence-corrected chi connectivity index (χ1v) is 5.48. The fraction of sp³-hybridized carbons (Fsp3) is 0.750. The van der Waals surface area contributed by atoms with Crippen molar-refractivity contribution in [2.24, 2.45) is 5.92 Å². The van der Waals surface area contributed by atoms with E-state index in [0.717, 1.165) is 6.42 Å². The summed E-state index contributed by atoms with van der Waals surface area (Å²) in [5.74, 6) is 5.76. The van der Waals surface area contributed by atoms with E-state index in [0.29, 0.717) is 12.5 Å². The summed E-state index contributed by atoms with van der Waals surface area (Å²) in [5, 5.41) is 0. The maximum Gasteiger partial charge on any atom is 0.384 e. The van der Waals surface area contributed by atoms with Crippen LogP contribution in [0.1, 0.15) is 45.4 Å². The van der Waals surface area contributed by atoms with E-state index < -0.39 is 0 Å². The van der Waals surface area contributed by atoms with Crippen molar-refractivity contribution in [3.63, 3.8) is 0 Å². The molecule has 0 N–H and O–H groups in total. The molecule has 0 amide bonds. The Kier molecular flexibility index (Phi) is 5.14. The highest BCUT2D eigenvalue weighted by molar-refractivity contribution is 5.88. The summed E-state index contributed by atoms with van der Waals surface area (Å²) >= 11 is 0. The van der Waals surface area contributed by atoms with Crippen LogP contribution < -0.4 is 0 Å². The van der Waals surface area contributed by atoms with Gasteiger partial charge in [0.1, 0.15) is 0 Å². The highest BCUT2D eigenvalue weighted by Gasteiger charge is 2.11. The number of carbonyl (C=O) groups excluding carboxylic acids is 1. The molecule has 0 aromatic rings. The van der Waals surface area contributed by atoms with Gasteiger partial charge in [-0.15, -0.1) is 0 Å². The number of hydrogen-bond donors (Lipinski definition) is 0. The van der Waals surface area contributed by atoms with Gasteiger partial charge in [-0.05, 0) is 25.7 Å². The quantitative estimate of drug-likeness (QED) is 0.383. The molecule has 1 aliphatic rings. The lowest BCUT2D eigenvalue weighted by molar-refractivity contribution is -0.136. The van der Waals surface area contributed by atoms with Gasteiger partial charge < -0.3 is 4.74 Å². The van der Waals surface area contributed by atoms with Gasteiger partial charge in [0.2, 0.25) is 0 Å².